The van der Waals surface area contributed by atoms with Crippen LogP contribution in [0.25, 0.3) is 0 Å². The van der Waals surface area contributed by atoms with Crippen LogP contribution in [0.1, 0.15) is 11.1 Å². The van der Waals surface area contributed by atoms with Crippen LogP contribution in [0, 0.1) is 0 Å². The number of hydrogen-bond donors (Lipinski definition) is 0. The summed E-state index contributed by atoms with van der Waals surface area (Å²) < 4.78 is 10.2. The first-order valence-electron chi connectivity index (χ1n) is 9.23. The molecule has 0 aromatic heterocycles. The van der Waals surface area contributed by atoms with Crippen molar-refractivity contribution < 1.29 is 28.7 Å². The Hall–Kier alpha value is -3.68. The zero-order valence-corrected chi connectivity index (χ0v) is 17.0. The Morgan fingerprint density at radius 1 is 0.700 bits per heavy atom. The van der Waals surface area contributed by atoms with Gasteiger partial charge in [0.2, 0.25) is 10.8 Å². The van der Waals surface area contributed by atoms with Crippen LogP contribution in [-0.4, -0.2) is 52.1 Å². The maximum Gasteiger partial charge on any atom is 0.328 e. The molecule has 0 saturated heterocycles. The average Bonchev–Trinajstić information content (AvgIpc) is 3.15. The van der Waals surface area contributed by atoms with Gasteiger partial charge in [-0.3, -0.25) is 19.2 Å². The van der Waals surface area contributed by atoms with Gasteiger partial charge in [0, 0.05) is 36.6 Å². The van der Waals surface area contributed by atoms with E-state index in [9.17, 15) is 19.2 Å². The largest absolute Gasteiger partial charge is 0.468 e. The van der Waals surface area contributed by atoms with Crippen molar-refractivity contribution in [1.82, 2.24) is 0 Å². The van der Waals surface area contributed by atoms with Gasteiger partial charge in [0.25, 0.3) is 11.8 Å². The number of benzene rings is 2. The maximum atomic E-state index is 13.8. The standard InChI is InChI=1S/C22H20N2O6/c1-23-15-11-7-5-9-13(15)21(17(23)25,19(27)29-3)22(20(28)30-4)14-10-6-8-12-16(14)24(2)18(22)26/h5-12H,1-4H3. The molecule has 30 heavy (non-hydrogen) atoms. The van der Waals surface area contributed by atoms with Crippen molar-refractivity contribution in [3.05, 3.63) is 59.7 Å². The Bertz CT molecular complexity index is 1020. The fourth-order valence-corrected chi connectivity index (χ4v) is 4.85. The number of para-hydroxylation sites is 2. The molecule has 0 saturated carbocycles. The van der Waals surface area contributed by atoms with Crippen molar-refractivity contribution in [3.63, 3.8) is 0 Å². The molecule has 2 aromatic carbocycles. The Kier molecular flexibility index (Phi) is 4.20. The predicted molar refractivity (Wildman–Crippen MR) is 107 cm³/mol. The van der Waals surface area contributed by atoms with Crippen LogP contribution >= 0.6 is 0 Å². The van der Waals surface area contributed by atoms with Crippen LogP contribution in [0.5, 0.6) is 0 Å². The summed E-state index contributed by atoms with van der Waals surface area (Å²) in [5.74, 6) is -3.49. The number of fused-ring (bicyclic) bond motifs is 2. The van der Waals surface area contributed by atoms with Gasteiger partial charge in [-0.05, 0) is 12.1 Å². The van der Waals surface area contributed by atoms with Crippen LogP contribution in [0.15, 0.2) is 48.5 Å². The molecule has 0 bridgehead atoms. The van der Waals surface area contributed by atoms with E-state index in [1.165, 1.54) is 23.9 Å². The molecule has 2 aromatic rings. The van der Waals surface area contributed by atoms with Gasteiger partial charge in [0.1, 0.15) is 0 Å². The van der Waals surface area contributed by atoms with E-state index in [1.54, 1.807) is 48.5 Å². The van der Waals surface area contributed by atoms with Crippen molar-refractivity contribution in [2.24, 2.45) is 0 Å². The summed E-state index contributed by atoms with van der Waals surface area (Å²) in [5, 5.41) is 0. The van der Waals surface area contributed by atoms with Gasteiger partial charge >= 0.3 is 11.9 Å². The zero-order chi connectivity index (χ0) is 21.8. The molecule has 2 unspecified atom stereocenters. The van der Waals surface area contributed by atoms with E-state index in [1.807, 2.05) is 0 Å². The molecule has 0 aliphatic carbocycles. The number of ether oxygens (including phenoxy) is 2. The number of amides is 2. The molecule has 2 aliphatic rings. The lowest BCUT2D eigenvalue weighted by atomic mass is 9.57. The minimum absolute atomic E-state index is 0.216. The normalized spacial score (nSPS) is 24.5. The molecule has 0 N–H and O–H groups in total. The number of carbonyl (C=O) groups is 4. The fourth-order valence-electron chi connectivity index (χ4n) is 4.85. The van der Waals surface area contributed by atoms with E-state index in [0.29, 0.717) is 11.4 Å². The number of hydrogen-bond acceptors (Lipinski definition) is 6. The van der Waals surface area contributed by atoms with Gasteiger partial charge in [-0.15, -0.1) is 0 Å². The molecule has 0 radical (unpaired) electrons. The molecule has 2 atom stereocenters. The molecule has 2 aliphatic heterocycles. The Morgan fingerprint density at radius 2 is 1.03 bits per heavy atom. The third-order valence-electron chi connectivity index (χ3n) is 6.14. The predicted octanol–water partition coefficient (Wildman–Crippen LogP) is 1.16. The van der Waals surface area contributed by atoms with Crippen LogP contribution < -0.4 is 9.80 Å². The van der Waals surface area contributed by atoms with Crippen molar-refractivity contribution in [2.75, 3.05) is 38.1 Å². The topological polar surface area (TPSA) is 93.2 Å². The second kappa shape index (κ2) is 6.41. The Balaban J connectivity index is 2.24. The first-order chi connectivity index (χ1) is 14.3. The summed E-state index contributed by atoms with van der Waals surface area (Å²) in [5.41, 5.74) is -3.30. The first kappa shape index (κ1) is 19.6. The summed E-state index contributed by atoms with van der Waals surface area (Å²) in [7, 11) is 5.23. The SMILES string of the molecule is COC(=O)C1(C2(C(=O)OC)C(=O)N(C)c3ccccc32)C(=O)N(C)c2ccccc21. The zero-order valence-electron chi connectivity index (χ0n) is 17.0. The number of nitrogens with zero attached hydrogens (tertiary/aromatic N) is 2. The fraction of sp³-hybridized carbons (Fsp3) is 0.273. The second-order valence-corrected chi connectivity index (χ2v) is 7.25. The summed E-state index contributed by atoms with van der Waals surface area (Å²) in [6.45, 7) is 0. The van der Waals surface area contributed by atoms with Crippen LogP contribution in [0.3, 0.4) is 0 Å². The molecule has 0 spiro atoms. The third-order valence-corrected chi connectivity index (χ3v) is 6.14. The minimum atomic E-state index is -2.28. The van der Waals surface area contributed by atoms with Crippen molar-refractivity contribution >= 4 is 35.1 Å². The minimum Gasteiger partial charge on any atom is -0.468 e. The smallest absolute Gasteiger partial charge is 0.328 e. The lowest BCUT2D eigenvalue weighted by Gasteiger charge is -2.39. The summed E-state index contributed by atoms with van der Waals surface area (Å²) in [6, 6.07) is 13.1. The number of likely N-dealkylation sites (N-methyl/N-ethyl adjacent to an activating group) is 2. The van der Waals surface area contributed by atoms with Gasteiger partial charge in [-0.25, -0.2) is 0 Å². The molecular weight excluding hydrogens is 388 g/mol. The van der Waals surface area contributed by atoms with E-state index in [-0.39, 0.29) is 11.1 Å². The highest BCUT2D eigenvalue weighted by molar-refractivity contribution is 6.34. The van der Waals surface area contributed by atoms with Crippen molar-refractivity contribution in [1.29, 1.82) is 0 Å². The van der Waals surface area contributed by atoms with E-state index >= 15 is 0 Å². The van der Waals surface area contributed by atoms with Gasteiger partial charge < -0.3 is 19.3 Å². The van der Waals surface area contributed by atoms with Crippen LogP contribution in [-0.2, 0) is 39.5 Å². The monoisotopic (exact) mass is 408 g/mol. The quantitative estimate of drug-likeness (QED) is 0.559. The molecule has 154 valence electrons. The van der Waals surface area contributed by atoms with E-state index in [0.717, 1.165) is 14.2 Å². The molecule has 0 fully saturated rings. The lowest BCUT2D eigenvalue weighted by Crippen LogP contribution is -2.67. The Labute approximate surface area is 173 Å². The molecule has 8 nitrogen and oxygen atoms in total. The van der Waals surface area contributed by atoms with Gasteiger partial charge in [-0.2, -0.15) is 0 Å². The molecule has 2 heterocycles. The summed E-state index contributed by atoms with van der Waals surface area (Å²) in [4.78, 5) is 57.1. The van der Waals surface area contributed by atoms with Gasteiger partial charge in [0.15, 0.2) is 0 Å². The van der Waals surface area contributed by atoms with E-state index in [2.05, 4.69) is 0 Å². The summed E-state index contributed by atoms with van der Waals surface area (Å²) in [6.07, 6.45) is 0. The number of methoxy groups -OCH3 is 2. The second-order valence-electron chi connectivity index (χ2n) is 7.25. The molecule has 2 amide bonds. The van der Waals surface area contributed by atoms with Crippen LogP contribution in [0.2, 0.25) is 0 Å². The van der Waals surface area contributed by atoms with Crippen molar-refractivity contribution in [2.45, 2.75) is 10.8 Å². The summed E-state index contributed by atoms with van der Waals surface area (Å²) >= 11 is 0. The maximum absolute atomic E-state index is 13.8. The third kappa shape index (κ3) is 1.91. The lowest BCUT2D eigenvalue weighted by molar-refractivity contribution is -0.168. The highest BCUT2D eigenvalue weighted by Gasteiger charge is 2.78. The number of esters is 2. The highest BCUT2D eigenvalue weighted by atomic mass is 16.5. The number of rotatable bonds is 3. The Morgan fingerprint density at radius 3 is 1.37 bits per heavy atom. The van der Waals surface area contributed by atoms with Gasteiger partial charge in [-0.1, -0.05) is 36.4 Å². The van der Waals surface area contributed by atoms with Gasteiger partial charge in [0.05, 0.1) is 14.2 Å². The molecule has 8 heteroatoms. The number of anilines is 2. The van der Waals surface area contributed by atoms with Crippen LogP contribution in [0.4, 0.5) is 11.4 Å². The average molecular weight is 408 g/mol. The molecule has 4 rings (SSSR count). The first-order valence-corrected chi connectivity index (χ1v) is 9.23. The van der Waals surface area contributed by atoms with Crippen molar-refractivity contribution in [3.8, 4) is 0 Å². The van der Waals surface area contributed by atoms with E-state index in [4.69, 9.17) is 9.47 Å². The number of carbonyl (C=O) groups excluding carboxylic acids is 4. The molecular formula is C22H20N2O6. The highest BCUT2D eigenvalue weighted by Crippen LogP contribution is 2.58. The van der Waals surface area contributed by atoms with E-state index < -0.39 is 34.6 Å².